The number of hydrogen-bond donors (Lipinski definition) is 1. The molecule has 96 valence electrons. The van der Waals surface area contributed by atoms with Gasteiger partial charge in [0.25, 0.3) is 0 Å². The number of fused-ring (bicyclic) bond motifs is 1. The molecular formula is C15H24O2. The average Bonchev–Trinajstić information content (AvgIpc) is 2.41. The Hall–Kier alpha value is -0.630. The van der Waals surface area contributed by atoms with Crippen molar-refractivity contribution in [1.29, 1.82) is 0 Å². The number of carbonyl (C=O) groups is 1. The van der Waals surface area contributed by atoms with E-state index in [0.29, 0.717) is 24.0 Å². The maximum absolute atomic E-state index is 12.2. The summed E-state index contributed by atoms with van der Waals surface area (Å²) >= 11 is 0. The van der Waals surface area contributed by atoms with E-state index in [1.165, 1.54) is 0 Å². The maximum atomic E-state index is 12.2. The van der Waals surface area contributed by atoms with E-state index in [2.05, 4.69) is 6.92 Å². The lowest BCUT2D eigenvalue weighted by atomic mass is 9.79. The Balaban J connectivity index is 2.37. The average molecular weight is 236 g/mol. The summed E-state index contributed by atoms with van der Waals surface area (Å²) in [6.45, 7) is 8.15. The van der Waals surface area contributed by atoms with E-state index in [4.69, 9.17) is 0 Å². The van der Waals surface area contributed by atoms with Gasteiger partial charge in [-0.1, -0.05) is 12.5 Å². The van der Waals surface area contributed by atoms with Crippen molar-refractivity contribution in [3.8, 4) is 0 Å². The molecule has 0 amide bonds. The SMILES string of the molecule is CC(C)=C1C[C@H]2[C@@H](CC[C@@]2(C)O)[C@@H](C)CC1=O. The van der Waals surface area contributed by atoms with Crippen LogP contribution in [0.2, 0.25) is 0 Å². The minimum atomic E-state index is -0.579. The fourth-order valence-electron chi connectivity index (χ4n) is 3.74. The third-order valence-corrected chi connectivity index (χ3v) is 4.90. The van der Waals surface area contributed by atoms with Crippen molar-refractivity contribution >= 4 is 5.78 Å². The third kappa shape index (κ3) is 2.20. The minimum absolute atomic E-state index is 0.272. The molecule has 2 nitrogen and oxygen atoms in total. The molecule has 0 heterocycles. The van der Waals surface area contributed by atoms with Gasteiger partial charge in [-0.2, -0.15) is 0 Å². The normalized spacial score (nSPS) is 42.3. The van der Waals surface area contributed by atoms with E-state index in [1.54, 1.807) is 0 Å². The second-order valence-corrected chi connectivity index (χ2v) is 6.45. The molecule has 2 saturated carbocycles. The Morgan fingerprint density at radius 2 is 2.00 bits per heavy atom. The van der Waals surface area contributed by atoms with Gasteiger partial charge in [-0.3, -0.25) is 4.79 Å². The molecule has 0 aromatic carbocycles. The number of ketones is 1. The summed E-state index contributed by atoms with van der Waals surface area (Å²) in [5, 5.41) is 10.5. The van der Waals surface area contributed by atoms with Crippen molar-refractivity contribution in [3.63, 3.8) is 0 Å². The molecule has 17 heavy (non-hydrogen) atoms. The lowest BCUT2D eigenvalue weighted by Gasteiger charge is -2.30. The molecule has 0 spiro atoms. The summed E-state index contributed by atoms with van der Waals surface area (Å²) in [6, 6.07) is 0. The summed E-state index contributed by atoms with van der Waals surface area (Å²) in [7, 11) is 0. The molecule has 4 atom stereocenters. The van der Waals surface area contributed by atoms with Crippen LogP contribution >= 0.6 is 0 Å². The quantitative estimate of drug-likeness (QED) is 0.656. The third-order valence-electron chi connectivity index (χ3n) is 4.90. The smallest absolute Gasteiger partial charge is 0.159 e. The Bertz CT molecular complexity index is 361. The minimum Gasteiger partial charge on any atom is -0.390 e. The summed E-state index contributed by atoms with van der Waals surface area (Å²) < 4.78 is 0. The van der Waals surface area contributed by atoms with E-state index in [9.17, 15) is 9.90 Å². The monoisotopic (exact) mass is 236 g/mol. The molecule has 0 aromatic heterocycles. The van der Waals surface area contributed by atoms with Crippen LogP contribution in [0.3, 0.4) is 0 Å². The highest BCUT2D eigenvalue weighted by Crippen LogP contribution is 2.49. The first-order valence-corrected chi connectivity index (χ1v) is 6.75. The lowest BCUT2D eigenvalue weighted by molar-refractivity contribution is -0.116. The second kappa shape index (κ2) is 4.24. The molecule has 2 aliphatic carbocycles. The Morgan fingerprint density at radius 3 is 2.59 bits per heavy atom. The first kappa shape index (κ1) is 12.8. The van der Waals surface area contributed by atoms with Crippen LogP contribution in [0.5, 0.6) is 0 Å². The Labute approximate surface area is 104 Å². The van der Waals surface area contributed by atoms with Crippen LogP contribution in [0.1, 0.15) is 53.4 Å². The Kier molecular flexibility index (Phi) is 3.19. The standard InChI is InChI=1S/C15H24O2/c1-9(2)12-8-13-11(5-6-15(13,4)17)10(3)7-14(12)16/h10-11,13,17H,5-8H2,1-4H3/t10-,11-,13-,15+/m0/s1. The fraction of sp³-hybridized carbons (Fsp3) is 0.800. The molecule has 2 rings (SSSR count). The molecule has 0 bridgehead atoms. The Morgan fingerprint density at radius 1 is 1.35 bits per heavy atom. The molecule has 0 unspecified atom stereocenters. The van der Waals surface area contributed by atoms with Gasteiger partial charge < -0.3 is 5.11 Å². The number of Topliss-reactive ketones (excluding diaryl/α,β-unsaturated/α-hetero) is 1. The van der Waals surface area contributed by atoms with E-state index < -0.39 is 5.60 Å². The summed E-state index contributed by atoms with van der Waals surface area (Å²) in [4.78, 5) is 12.2. The van der Waals surface area contributed by atoms with Crippen molar-refractivity contribution in [2.24, 2.45) is 17.8 Å². The maximum Gasteiger partial charge on any atom is 0.159 e. The predicted octanol–water partition coefficient (Wildman–Crippen LogP) is 3.10. The zero-order valence-electron chi connectivity index (χ0n) is 11.4. The topological polar surface area (TPSA) is 37.3 Å². The largest absolute Gasteiger partial charge is 0.390 e. The van der Waals surface area contributed by atoms with Gasteiger partial charge in [-0.05, 0) is 63.4 Å². The van der Waals surface area contributed by atoms with Crippen molar-refractivity contribution in [1.82, 2.24) is 0 Å². The van der Waals surface area contributed by atoms with E-state index in [-0.39, 0.29) is 5.92 Å². The fourth-order valence-corrected chi connectivity index (χ4v) is 3.74. The van der Waals surface area contributed by atoms with Crippen LogP contribution in [0.4, 0.5) is 0 Å². The van der Waals surface area contributed by atoms with E-state index in [0.717, 1.165) is 30.4 Å². The molecular weight excluding hydrogens is 212 g/mol. The number of aliphatic hydroxyl groups is 1. The van der Waals surface area contributed by atoms with Crippen LogP contribution in [-0.4, -0.2) is 16.5 Å². The highest BCUT2D eigenvalue weighted by Gasteiger charge is 2.48. The van der Waals surface area contributed by atoms with Gasteiger partial charge in [0.1, 0.15) is 0 Å². The van der Waals surface area contributed by atoms with Crippen molar-refractivity contribution in [2.75, 3.05) is 0 Å². The predicted molar refractivity (Wildman–Crippen MR) is 68.6 cm³/mol. The van der Waals surface area contributed by atoms with Crippen molar-refractivity contribution in [2.45, 2.75) is 59.0 Å². The molecule has 0 radical (unpaired) electrons. The summed E-state index contributed by atoms with van der Waals surface area (Å²) in [6.07, 6.45) is 3.40. The number of allylic oxidation sites excluding steroid dienone is 2. The first-order valence-electron chi connectivity index (χ1n) is 6.75. The summed E-state index contributed by atoms with van der Waals surface area (Å²) in [5.41, 5.74) is 1.53. The molecule has 0 aromatic rings. The highest BCUT2D eigenvalue weighted by molar-refractivity contribution is 5.96. The number of carbonyl (C=O) groups excluding carboxylic acids is 1. The van der Waals surface area contributed by atoms with Gasteiger partial charge in [-0.25, -0.2) is 0 Å². The van der Waals surface area contributed by atoms with Crippen LogP contribution in [0.15, 0.2) is 11.1 Å². The zero-order valence-corrected chi connectivity index (χ0v) is 11.4. The van der Waals surface area contributed by atoms with Crippen molar-refractivity contribution < 1.29 is 9.90 Å². The van der Waals surface area contributed by atoms with E-state index >= 15 is 0 Å². The number of hydrogen-bond acceptors (Lipinski definition) is 2. The number of rotatable bonds is 0. The zero-order chi connectivity index (χ0) is 12.8. The van der Waals surface area contributed by atoms with Crippen LogP contribution in [0.25, 0.3) is 0 Å². The molecule has 2 fully saturated rings. The molecule has 0 saturated heterocycles. The van der Waals surface area contributed by atoms with Gasteiger partial charge in [0.15, 0.2) is 5.78 Å². The summed E-state index contributed by atoms with van der Waals surface area (Å²) in [5.74, 6) is 1.51. The first-order chi connectivity index (χ1) is 7.83. The van der Waals surface area contributed by atoms with Gasteiger partial charge in [0.2, 0.25) is 0 Å². The molecule has 2 aliphatic rings. The second-order valence-electron chi connectivity index (χ2n) is 6.45. The highest BCUT2D eigenvalue weighted by atomic mass is 16.3. The van der Waals surface area contributed by atoms with Gasteiger partial charge in [0.05, 0.1) is 5.60 Å². The van der Waals surface area contributed by atoms with Gasteiger partial charge in [0, 0.05) is 6.42 Å². The van der Waals surface area contributed by atoms with Gasteiger partial charge in [-0.15, -0.1) is 0 Å². The molecule has 0 aliphatic heterocycles. The van der Waals surface area contributed by atoms with E-state index in [1.807, 2.05) is 20.8 Å². The molecule has 1 N–H and O–H groups in total. The van der Waals surface area contributed by atoms with Crippen LogP contribution in [0, 0.1) is 17.8 Å². The molecule has 2 heteroatoms. The lowest BCUT2D eigenvalue weighted by Crippen LogP contribution is -2.33. The van der Waals surface area contributed by atoms with Gasteiger partial charge >= 0.3 is 0 Å². The van der Waals surface area contributed by atoms with Crippen molar-refractivity contribution in [3.05, 3.63) is 11.1 Å². The van der Waals surface area contributed by atoms with Crippen LogP contribution in [-0.2, 0) is 4.79 Å². The van der Waals surface area contributed by atoms with Crippen LogP contribution < -0.4 is 0 Å².